The highest BCUT2D eigenvalue weighted by molar-refractivity contribution is 5.22. The molecule has 0 spiro atoms. The molecule has 28 heavy (non-hydrogen) atoms. The molecule has 144 valence electrons. The molecule has 2 saturated carbocycles. The molecule has 7 heteroatoms. The van der Waals surface area contributed by atoms with Crippen LogP contribution in [0.25, 0.3) is 0 Å². The lowest BCUT2D eigenvalue weighted by molar-refractivity contribution is 0.562. The first-order valence-corrected chi connectivity index (χ1v) is 10.2. The van der Waals surface area contributed by atoms with Gasteiger partial charge in [0.05, 0.1) is 30.7 Å². The van der Waals surface area contributed by atoms with Crippen molar-refractivity contribution in [1.82, 2.24) is 29.3 Å². The predicted molar refractivity (Wildman–Crippen MR) is 103 cm³/mol. The van der Waals surface area contributed by atoms with Crippen molar-refractivity contribution in [2.45, 2.75) is 63.6 Å². The summed E-state index contributed by atoms with van der Waals surface area (Å²) in [6.07, 6.45) is 19.3. The Balaban J connectivity index is 1.34. The topological polar surface area (TPSA) is 77.2 Å². The summed E-state index contributed by atoms with van der Waals surface area (Å²) in [5.41, 5.74) is 3.70. The van der Waals surface area contributed by atoms with Gasteiger partial charge in [0, 0.05) is 25.1 Å². The normalized spacial score (nSPS) is 17.5. The van der Waals surface area contributed by atoms with E-state index in [2.05, 4.69) is 43.1 Å². The average molecular weight is 375 g/mol. The maximum absolute atomic E-state index is 8.88. The number of nitriles is 1. The number of hydrogen-bond donors (Lipinski definition) is 0. The smallest absolute Gasteiger partial charge is 0.128 e. The highest BCUT2D eigenvalue weighted by atomic mass is 15.3. The monoisotopic (exact) mass is 375 g/mol. The second-order valence-electron chi connectivity index (χ2n) is 8.31. The van der Waals surface area contributed by atoms with Gasteiger partial charge in [0.1, 0.15) is 6.54 Å². The van der Waals surface area contributed by atoms with E-state index in [-0.39, 0.29) is 6.54 Å². The molecule has 7 nitrogen and oxygen atoms in total. The Morgan fingerprint density at radius 3 is 2.32 bits per heavy atom. The number of nitrogens with zero attached hydrogens (tertiary/aromatic N) is 7. The molecule has 0 saturated heterocycles. The summed E-state index contributed by atoms with van der Waals surface area (Å²) >= 11 is 0. The van der Waals surface area contributed by atoms with Crippen LogP contribution in [0.2, 0.25) is 0 Å². The first-order valence-electron chi connectivity index (χ1n) is 10.2. The van der Waals surface area contributed by atoms with E-state index in [1.54, 1.807) is 4.68 Å². The lowest BCUT2D eigenvalue weighted by atomic mass is 9.90. The lowest BCUT2D eigenvalue weighted by Gasteiger charge is -2.13. The van der Waals surface area contributed by atoms with E-state index in [4.69, 9.17) is 5.26 Å². The van der Waals surface area contributed by atoms with Crippen LogP contribution < -0.4 is 0 Å². The summed E-state index contributed by atoms with van der Waals surface area (Å²) in [6.45, 7) is 1.34. The van der Waals surface area contributed by atoms with Gasteiger partial charge in [-0.15, -0.1) is 0 Å². The van der Waals surface area contributed by atoms with Crippen LogP contribution in [0.3, 0.4) is 0 Å². The molecule has 0 N–H and O–H groups in total. The van der Waals surface area contributed by atoms with Crippen LogP contribution in [0.5, 0.6) is 0 Å². The molecule has 0 amide bonds. The van der Waals surface area contributed by atoms with Gasteiger partial charge in [-0.3, -0.25) is 14.0 Å². The average Bonchev–Trinajstić information content (AvgIpc) is 3.55. The highest BCUT2D eigenvalue weighted by Crippen LogP contribution is 2.35. The molecule has 2 aliphatic carbocycles. The van der Waals surface area contributed by atoms with Crippen LogP contribution in [-0.2, 0) is 25.9 Å². The van der Waals surface area contributed by atoms with Crippen molar-refractivity contribution < 1.29 is 0 Å². The zero-order chi connectivity index (χ0) is 18.9. The Bertz CT molecular complexity index is 980. The molecule has 2 fully saturated rings. The van der Waals surface area contributed by atoms with E-state index in [1.807, 2.05) is 24.8 Å². The van der Waals surface area contributed by atoms with Crippen LogP contribution >= 0.6 is 0 Å². The molecule has 3 aromatic rings. The summed E-state index contributed by atoms with van der Waals surface area (Å²) in [6, 6.07) is 2.74. The van der Waals surface area contributed by atoms with Crippen molar-refractivity contribution in [3.8, 4) is 6.07 Å². The quantitative estimate of drug-likeness (QED) is 0.576. The van der Waals surface area contributed by atoms with Gasteiger partial charge in [0.15, 0.2) is 0 Å². The van der Waals surface area contributed by atoms with E-state index in [0.717, 1.165) is 30.9 Å². The third-order valence-corrected chi connectivity index (χ3v) is 5.73. The van der Waals surface area contributed by atoms with E-state index >= 15 is 0 Å². The van der Waals surface area contributed by atoms with Gasteiger partial charge in [-0.25, -0.2) is 0 Å². The number of aromatic nitrogens is 6. The molecule has 0 aliphatic heterocycles. The minimum atomic E-state index is 0.290. The van der Waals surface area contributed by atoms with Crippen molar-refractivity contribution >= 4 is 0 Å². The fourth-order valence-electron chi connectivity index (χ4n) is 3.83. The molecule has 2 aliphatic rings. The van der Waals surface area contributed by atoms with Crippen molar-refractivity contribution in [2.24, 2.45) is 5.92 Å². The maximum Gasteiger partial charge on any atom is 0.128 e. The van der Waals surface area contributed by atoms with Crippen molar-refractivity contribution in [3.05, 3.63) is 53.9 Å². The minimum Gasteiger partial charge on any atom is -0.272 e. The van der Waals surface area contributed by atoms with Gasteiger partial charge in [-0.2, -0.15) is 20.6 Å². The Kier molecular flexibility index (Phi) is 4.47. The molecule has 1 unspecified atom stereocenters. The second kappa shape index (κ2) is 7.27. The summed E-state index contributed by atoms with van der Waals surface area (Å²) in [4.78, 5) is 0. The second-order valence-corrected chi connectivity index (χ2v) is 8.31. The Morgan fingerprint density at radius 2 is 1.64 bits per heavy atom. The van der Waals surface area contributed by atoms with Crippen molar-refractivity contribution in [2.75, 3.05) is 0 Å². The first kappa shape index (κ1) is 17.2. The summed E-state index contributed by atoms with van der Waals surface area (Å²) in [5, 5.41) is 22.4. The van der Waals surface area contributed by atoms with E-state index in [1.165, 1.54) is 36.8 Å². The Hall–Kier alpha value is -2.88. The SMILES string of the molecule is N#CCn1cc(CC(Cc2cnn(CC3CC3)c2)c2cnn(C3CC3)c2)cn1. The van der Waals surface area contributed by atoms with Gasteiger partial charge in [-0.05, 0) is 67.1 Å². The Morgan fingerprint density at radius 1 is 0.929 bits per heavy atom. The van der Waals surface area contributed by atoms with Crippen LogP contribution in [0.1, 0.15) is 54.3 Å². The van der Waals surface area contributed by atoms with Crippen molar-refractivity contribution in [3.63, 3.8) is 0 Å². The third-order valence-electron chi connectivity index (χ3n) is 5.73. The molecule has 3 aromatic heterocycles. The minimum absolute atomic E-state index is 0.290. The number of hydrogen-bond acceptors (Lipinski definition) is 4. The lowest BCUT2D eigenvalue weighted by Crippen LogP contribution is -2.06. The van der Waals surface area contributed by atoms with Crippen LogP contribution in [0.4, 0.5) is 0 Å². The number of rotatable bonds is 9. The van der Waals surface area contributed by atoms with Crippen molar-refractivity contribution in [1.29, 1.82) is 5.26 Å². The van der Waals surface area contributed by atoms with Gasteiger partial charge in [0.25, 0.3) is 0 Å². The Labute approximate surface area is 164 Å². The van der Waals surface area contributed by atoms with E-state index in [9.17, 15) is 0 Å². The molecule has 0 radical (unpaired) electrons. The highest BCUT2D eigenvalue weighted by Gasteiger charge is 2.26. The van der Waals surface area contributed by atoms with Gasteiger partial charge < -0.3 is 0 Å². The molecular weight excluding hydrogens is 350 g/mol. The van der Waals surface area contributed by atoms with E-state index < -0.39 is 0 Å². The predicted octanol–water partition coefficient (Wildman–Crippen LogP) is 3.11. The van der Waals surface area contributed by atoms with Gasteiger partial charge in [-0.1, -0.05) is 0 Å². The van der Waals surface area contributed by atoms with Crippen LogP contribution in [0.15, 0.2) is 37.2 Å². The van der Waals surface area contributed by atoms with Crippen LogP contribution in [0, 0.1) is 17.2 Å². The van der Waals surface area contributed by atoms with E-state index in [0.29, 0.717) is 12.0 Å². The molecular formula is C21H25N7. The van der Waals surface area contributed by atoms with Crippen LogP contribution in [-0.4, -0.2) is 29.3 Å². The molecule has 1 atom stereocenters. The zero-order valence-corrected chi connectivity index (χ0v) is 16.0. The summed E-state index contributed by atoms with van der Waals surface area (Å²) in [5.74, 6) is 1.15. The summed E-state index contributed by atoms with van der Waals surface area (Å²) in [7, 11) is 0. The maximum atomic E-state index is 8.88. The first-order chi connectivity index (χ1) is 13.8. The van der Waals surface area contributed by atoms with Gasteiger partial charge in [0.2, 0.25) is 0 Å². The summed E-state index contributed by atoms with van der Waals surface area (Å²) < 4.78 is 5.92. The third kappa shape index (κ3) is 4.01. The zero-order valence-electron chi connectivity index (χ0n) is 16.0. The standard InChI is InChI=1S/C21H25N7/c22-5-6-26-13-17(9-23-26)7-19(20-11-25-28(15-20)21-3-4-21)8-18-10-24-27(14-18)12-16-1-2-16/h9-11,13-16,19,21H,1-4,6-8,12H2. The molecule has 0 aromatic carbocycles. The fraction of sp³-hybridized carbons (Fsp3) is 0.524. The molecule has 5 rings (SSSR count). The van der Waals surface area contributed by atoms with Gasteiger partial charge >= 0.3 is 0 Å². The molecule has 0 bridgehead atoms. The fourth-order valence-corrected chi connectivity index (χ4v) is 3.83. The molecule has 3 heterocycles. The largest absolute Gasteiger partial charge is 0.272 e.